The third-order valence-corrected chi connectivity index (χ3v) is 10.2. The van der Waals surface area contributed by atoms with Gasteiger partial charge in [-0.2, -0.15) is 0 Å². The molecule has 57 heavy (non-hydrogen) atoms. The molecule has 0 aromatic heterocycles. The summed E-state index contributed by atoms with van der Waals surface area (Å²) >= 11 is 0. The first kappa shape index (κ1) is 40.9. The molecule has 2 heterocycles. The molecule has 0 aliphatic carbocycles. The Balaban J connectivity index is 1.10. The second-order valence-corrected chi connectivity index (χ2v) is 14.4. The lowest BCUT2D eigenvalue weighted by Gasteiger charge is -2.46. The van der Waals surface area contributed by atoms with Crippen LogP contribution in [0.25, 0.3) is 0 Å². The van der Waals surface area contributed by atoms with Crippen LogP contribution in [0.5, 0.6) is 0 Å². The Morgan fingerprint density at radius 2 is 0.754 bits per heavy atom. The summed E-state index contributed by atoms with van der Waals surface area (Å²) in [5, 5.41) is 23.4. The van der Waals surface area contributed by atoms with Gasteiger partial charge in [0, 0.05) is 0 Å². The zero-order valence-corrected chi connectivity index (χ0v) is 32.1. The molecule has 0 saturated carbocycles. The Bertz CT molecular complexity index is 1850. The molecule has 0 spiro atoms. The summed E-state index contributed by atoms with van der Waals surface area (Å²) < 4.78 is 51.3. The summed E-state index contributed by atoms with van der Waals surface area (Å²) in [6, 6.07) is 49.0. The van der Waals surface area contributed by atoms with Crippen molar-refractivity contribution in [2.24, 2.45) is 0 Å². The van der Waals surface area contributed by atoms with Crippen molar-refractivity contribution in [1.82, 2.24) is 0 Å². The summed E-state index contributed by atoms with van der Waals surface area (Å²) in [6.45, 7) is 3.05. The molecule has 0 bridgehead atoms. The highest BCUT2D eigenvalue weighted by Crippen LogP contribution is 2.32. The van der Waals surface area contributed by atoms with E-state index in [0.29, 0.717) is 6.61 Å². The van der Waals surface area contributed by atoms with Gasteiger partial charge in [0.05, 0.1) is 45.7 Å². The molecule has 2 aliphatic rings. The van der Waals surface area contributed by atoms with Crippen molar-refractivity contribution in [3.63, 3.8) is 0 Å². The van der Waals surface area contributed by atoms with E-state index in [1.54, 1.807) is 0 Å². The van der Waals surface area contributed by atoms with Crippen LogP contribution in [0.4, 0.5) is 0 Å². The van der Waals surface area contributed by atoms with Gasteiger partial charge in [-0.15, -0.1) is 0 Å². The minimum Gasteiger partial charge on any atom is -0.385 e. The van der Waals surface area contributed by atoms with E-state index in [-0.39, 0.29) is 33.0 Å². The average molecular weight is 777 g/mol. The molecule has 5 aromatic rings. The molecule has 2 fully saturated rings. The van der Waals surface area contributed by atoms with Crippen LogP contribution in [0.15, 0.2) is 152 Å². The maximum atomic E-state index is 11.9. The monoisotopic (exact) mass is 776 g/mol. The number of aliphatic hydroxyl groups is 2. The largest absolute Gasteiger partial charge is 0.385 e. The molecule has 10 atom stereocenters. The lowest BCUT2D eigenvalue weighted by Crippen LogP contribution is -2.62. The fraction of sp³-hybridized carbons (Fsp3) is 0.362. The second-order valence-electron chi connectivity index (χ2n) is 14.4. The van der Waals surface area contributed by atoms with Gasteiger partial charge in [-0.3, -0.25) is 0 Å². The molecule has 5 aromatic carbocycles. The smallest absolute Gasteiger partial charge is 0.186 e. The fourth-order valence-corrected chi connectivity index (χ4v) is 7.17. The first-order valence-corrected chi connectivity index (χ1v) is 19.6. The van der Waals surface area contributed by atoms with E-state index >= 15 is 0 Å². The Morgan fingerprint density at radius 3 is 1.18 bits per heavy atom. The summed E-state index contributed by atoms with van der Waals surface area (Å²) in [5.41, 5.74) is 4.78. The maximum absolute atomic E-state index is 11.9. The van der Waals surface area contributed by atoms with Gasteiger partial charge in [-0.1, -0.05) is 152 Å². The SMILES string of the molecule is C[C@@H]1O[C@H](OC[C@H]2O[C@H](O)[C@H](OCc3ccccc3)[C@@H](OCc3ccccc3)[C@@H]2OCc2ccccc2)[C@H](O)[C@H](OCc2ccccc2)[C@H]1OCc1ccccc1. The minimum absolute atomic E-state index is 0.109. The van der Waals surface area contributed by atoms with E-state index in [0.717, 1.165) is 27.8 Å². The van der Waals surface area contributed by atoms with Gasteiger partial charge >= 0.3 is 0 Å². The molecule has 2 N–H and O–H groups in total. The molecule has 300 valence electrons. The molecule has 10 heteroatoms. The van der Waals surface area contributed by atoms with Gasteiger partial charge in [0.2, 0.25) is 0 Å². The van der Waals surface area contributed by atoms with E-state index in [1.807, 2.05) is 159 Å². The van der Waals surface area contributed by atoms with Crippen LogP contribution in [-0.2, 0) is 70.9 Å². The summed E-state index contributed by atoms with van der Waals surface area (Å²) in [7, 11) is 0. The van der Waals surface area contributed by atoms with Gasteiger partial charge < -0.3 is 48.1 Å². The van der Waals surface area contributed by atoms with Crippen molar-refractivity contribution in [3.05, 3.63) is 179 Å². The third kappa shape index (κ3) is 11.4. The van der Waals surface area contributed by atoms with Crippen molar-refractivity contribution in [2.45, 2.75) is 101 Å². The third-order valence-electron chi connectivity index (χ3n) is 10.2. The Morgan fingerprint density at radius 1 is 0.404 bits per heavy atom. The summed E-state index contributed by atoms with van der Waals surface area (Å²) in [4.78, 5) is 0. The summed E-state index contributed by atoms with van der Waals surface area (Å²) in [6.07, 6.45) is -8.90. The molecule has 0 radical (unpaired) electrons. The van der Waals surface area contributed by atoms with Gasteiger partial charge in [-0.25, -0.2) is 0 Å². The lowest BCUT2D eigenvalue weighted by molar-refractivity contribution is -0.340. The van der Waals surface area contributed by atoms with Crippen molar-refractivity contribution < 1.29 is 48.1 Å². The first-order chi connectivity index (χ1) is 28.0. The first-order valence-electron chi connectivity index (χ1n) is 19.6. The molecule has 2 aliphatic heterocycles. The predicted octanol–water partition coefficient (Wildman–Crippen LogP) is 6.75. The average Bonchev–Trinajstić information content (AvgIpc) is 3.26. The van der Waals surface area contributed by atoms with Crippen LogP contribution in [0.1, 0.15) is 34.7 Å². The number of hydrogen-bond acceptors (Lipinski definition) is 10. The molecule has 7 rings (SSSR count). The quantitative estimate of drug-likeness (QED) is 0.0991. The zero-order chi connectivity index (χ0) is 39.2. The van der Waals surface area contributed by atoms with Crippen LogP contribution < -0.4 is 0 Å². The molecular weight excluding hydrogens is 725 g/mol. The topological polar surface area (TPSA) is 114 Å². The van der Waals surface area contributed by atoms with Crippen LogP contribution >= 0.6 is 0 Å². The van der Waals surface area contributed by atoms with Gasteiger partial charge in [0.15, 0.2) is 12.6 Å². The van der Waals surface area contributed by atoms with Crippen LogP contribution in [0.3, 0.4) is 0 Å². The zero-order valence-electron chi connectivity index (χ0n) is 32.1. The van der Waals surface area contributed by atoms with Crippen LogP contribution in [0.2, 0.25) is 0 Å². The molecule has 0 unspecified atom stereocenters. The van der Waals surface area contributed by atoms with E-state index in [2.05, 4.69) is 0 Å². The highest BCUT2D eigenvalue weighted by molar-refractivity contribution is 5.17. The maximum Gasteiger partial charge on any atom is 0.186 e. The van der Waals surface area contributed by atoms with Gasteiger partial charge in [0.25, 0.3) is 0 Å². The van der Waals surface area contributed by atoms with Crippen molar-refractivity contribution >= 4 is 0 Å². The number of aliphatic hydroxyl groups excluding tert-OH is 2. The van der Waals surface area contributed by atoms with Crippen molar-refractivity contribution in [3.8, 4) is 0 Å². The Kier molecular flexibility index (Phi) is 15.0. The predicted molar refractivity (Wildman–Crippen MR) is 212 cm³/mol. The van der Waals surface area contributed by atoms with Gasteiger partial charge in [-0.05, 0) is 34.7 Å². The number of rotatable bonds is 18. The van der Waals surface area contributed by atoms with Gasteiger partial charge in [0.1, 0.15) is 42.7 Å². The van der Waals surface area contributed by atoms with Crippen LogP contribution in [0, 0.1) is 0 Å². The highest BCUT2D eigenvalue weighted by atomic mass is 16.7. The molecular formula is C47H52O10. The van der Waals surface area contributed by atoms with E-state index in [9.17, 15) is 10.2 Å². The minimum atomic E-state index is -1.38. The summed E-state index contributed by atoms with van der Waals surface area (Å²) in [5.74, 6) is 0. The lowest BCUT2D eigenvalue weighted by atomic mass is 9.97. The van der Waals surface area contributed by atoms with Crippen molar-refractivity contribution in [1.29, 1.82) is 0 Å². The van der Waals surface area contributed by atoms with E-state index in [1.165, 1.54) is 0 Å². The fourth-order valence-electron chi connectivity index (χ4n) is 7.17. The highest BCUT2D eigenvalue weighted by Gasteiger charge is 2.50. The second kappa shape index (κ2) is 20.9. The molecule has 0 amide bonds. The number of benzene rings is 5. The van der Waals surface area contributed by atoms with Crippen molar-refractivity contribution in [2.75, 3.05) is 6.61 Å². The normalized spacial score (nSPS) is 27.6. The Hall–Kier alpha value is -4.30. The van der Waals surface area contributed by atoms with E-state index < -0.39 is 61.4 Å². The standard InChI is InChI=1S/C47H52O10/c1-33-41(50-27-34-17-7-2-8-18-34)43(52-29-36-21-11-4-12-22-36)40(48)47(56-33)55-32-39-42(51-28-35-19-9-3-10-20-35)44(53-30-37-23-13-5-14-24-37)45(46(49)57-39)54-31-38-25-15-6-16-26-38/h2-26,33,39-49H,27-32H2,1H3/t33-,39+,40+,41-,42+,43-,44-,45+,46-,47-/m0/s1. The molecule has 2 saturated heterocycles. The number of hydrogen-bond donors (Lipinski definition) is 2. The van der Waals surface area contributed by atoms with E-state index in [4.69, 9.17) is 37.9 Å². The van der Waals surface area contributed by atoms with Crippen LogP contribution in [-0.4, -0.2) is 78.2 Å². The number of ether oxygens (including phenoxy) is 8. The Labute approximate surface area is 334 Å². The molecule has 10 nitrogen and oxygen atoms in total.